The summed E-state index contributed by atoms with van der Waals surface area (Å²) < 4.78 is 27.5. The zero-order valence-corrected chi connectivity index (χ0v) is 13.7. The average Bonchev–Trinajstić information content (AvgIpc) is 2.59. The Bertz CT molecular complexity index is 1020. The molecule has 2 aromatic heterocycles. The lowest BCUT2D eigenvalue weighted by molar-refractivity contribution is -0.116. The summed E-state index contributed by atoms with van der Waals surface area (Å²) in [6.07, 6.45) is 4.32. The highest BCUT2D eigenvalue weighted by atomic mass is 32.2. The highest BCUT2D eigenvalue weighted by Crippen LogP contribution is 2.15. The van der Waals surface area contributed by atoms with Gasteiger partial charge in [-0.25, -0.2) is 23.7 Å². The lowest BCUT2D eigenvalue weighted by Crippen LogP contribution is -2.28. The maximum Gasteiger partial charge on any atom is 0.264 e. The third-order valence-electron chi connectivity index (χ3n) is 3.26. The standard InChI is InChI=1S/C15H11F2N5O2S/c1-25-15-18-5-9-13(21-15)19-7-22(14(9)24)6-12(23)20-11-3-2-8(16)4-10(11)17/h2-5,7H,6H2,1H3,(H,20,23). The zero-order valence-electron chi connectivity index (χ0n) is 12.9. The van der Waals surface area contributed by atoms with Crippen LogP contribution >= 0.6 is 11.8 Å². The van der Waals surface area contributed by atoms with Gasteiger partial charge in [-0.3, -0.25) is 14.2 Å². The first-order valence-corrected chi connectivity index (χ1v) is 8.21. The van der Waals surface area contributed by atoms with Gasteiger partial charge in [0.05, 0.1) is 5.69 Å². The Labute approximate surface area is 144 Å². The van der Waals surface area contributed by atoms with Crippen molar-refractivity contribution in [3.8, 4) is 0 Å². The van der Waals surface area contributed by atoms with Gasteiger partial charge in [0.2, 0.25) is 5.91 Å². The average molecular weight is 363 g/mol. The minimum atomic E-state index is -0.907. The van der Waals surface area contributed by atoms with Crippen LogP contribution in [0.2, 0.25) is 0 Å². The van der Waals surface area contributed by atoms with Gasteiger partial charge in [0.15, 0.2) is 10.8 Å². The number of carbonyl (C=O) groups excluding carboxylic acids is 1. The predicted octanol–water partition coefficient (Wildman–Crippen LogP) is 1.83. The number of benzene rings is 1. The van der Waals surface area contributed by atoms with Crippen molar-refractivity contribution >= 4 is 34.4 Å². The van der Waals surface area contributed by atoms with Crippen LogP contribution in [0.1, 0.15) is 0 Å². The molecule has 0 aliphatic rings. The summed E-state index contributed by atoms with van der Waals surface area (Å²) in [5.74, 6) is -2.32. The van der Waals surface area contributed by atoms with Crippen molar-refractivity contribution in [3.63, 3.8) is 0 Å². The lowest BCUT2D eigenvalue weighted by Gasteiger charge is -2.08. The van der Waals surface area contributed by atoms with Gasteiger partial charge in [0.1, 0.15) is 29.9 Å². The number of thioether (sulfide) groups is 1. The molecule has 2 heterocycles. The summed E-state index contributed by atoms with van der Waals surface area (Å²) in [5, 5.41) is 2.92. The first kappa shape index (κ1) is 17.0. The second kappa shape index (κ2) is 6.93. The van der Waals surface area contributed by atoms with Crippen molar-refractivity contribution in [2.75, 3.05) is 11.6 Å². The van der Waals surface area contributed by atoms with Crippen molar-refractivity contribution in [2.45, 2.75) is 11.7 Å². The SMILES string of the molecule is CSc1ncc2c(=O)n(CC(=O)Nc3ccc(F)cc3F)cnc2n1. The topological polar surface area (TPSA) is 89.8 Å². The minimum absolute atomic E-state index is 0.168. The molecule has 0 atom stereocenters. The van der Waals surface area contributed by atoms with E-state index in [1.165, 1.54) is 24.3 Å². The van der Waals surface area contributed by atoms with E-state index in [0.29, 0.717) is 11.2 Å². The van der Waals surface area contributed by atoms with Crippen LogP contribution in [-0.4, -0.2) is 31.7 Å². The summed E-state index contributed by atoms with van der Waals surface area (Å²) >= 11 is 1.31. The number of fused-ring (bicyclic) bond motifs is 1. The number of nitrogens with zero attached hydrogens (tertiary/aromatic N) is 4. The van der Waals surface area contributed by atoms with Crippen molar-refractivity contribution in [3.05, 3.63) is 52.7 Å². The van der Waals surface area contributed by atoms with E-state index in [0.717, 1.165) is 16.7 Å². The van der Waals surface area contributed by atoms with Crippen molar-refractivity contribution in [1.82, 2.24) is 19.5 Å². The molecule has 0 aliphatic carbocycles. The molecule has 0 radical (unpaired) electrons. The van der Waals surface area contributed by atoms with Crippen molar-refractivity contribution in [1.29, 1.82) is 0 Å². The first-order chi connectivity index (χ1) is 12.0. The van der Waals surface area contributed by atoms with Crippen LogP contribution in [-0.2, 0) is 11.3 Å². The first-order valence-electron chi connectivity index (χ1n) is 6.99. The molecule has 0 fully saturated rings. The van der Waals surface area contributed by atoms with Crippen molar-refractivity contribution in [2.24, 2.45) is 0 Å². The lowest BCUT2D eigenvalue weighted by atomic mass is 10.3. The summed E-state index contributed by atoms with van der Waals surface area (Å²) in [6, 6.07) is 2.77. The van der Waals surface area contributed by atoms with Gasteiger partial charge < -0.3 is 5.32 Å². The van der Waals surface area contributed by atoms with E-state index in [-0.39, 0.29) is 23.3 Å². The van der Waals surface area contributed by atoms with E-state index in [1.54, 1.807) is 6.26 Å². The van der Waals surface area contributed by atoms with E-state index in [2.05, 4.69) is 20.3 Å². The molecule has 128 valence electrons. The number of amides is 1. The molecule has 3 aromatic rings. The van der Waals surface area contributed by atoms with Crippen LogP contribution in [0.3, 0.4) is 0 Å². The molecule has 0 saturated carbocycles. The number of halogens is 2. The number of rotatable bonds is 4. The maximum absolute atomic E-state index is 13.6. The van der Waals surface area contributed by atoms with Gasteiger partial charge in [0.25, 0.3) is 5.56 Å². The van der Waals surface area contributed by atoms with E-state index in [9.17, 15) is 18.4 Å². The Balaban J connectivity index is 1.83. The van der Waals surface area contributed by atoms with Crippen LogP contribution < -0.4 is 10.9 Å². The van der Waals surface area contributed by atoms with E-state index in [1.807, 2.05) is 0 Å². The van der Waals surface area contributed by atoms with Crippen LogP contribution in [0.5, 0.6) is 0 Å². The number of hydrogen-bond acceptors (Lipinski definition) is 6. The fourth-order valence-electron chi connectivity index (χ4n) is 2.08. The Morgan fingerprint density at radius 1 is 1.32 bits per heavy atom. The fraction of sp³-hybridized carbons (Fsp3) is 0.133. The Morgan fingerprint density at radius 3 is 2.84 bits per heavy atom. The molecule has 0 unspecified atom stereocenters. The zero-order chi connectivity index (χ0) is 18.0. The van der Waals surface area contributed by atoms with E-state index >= 15 is 0 Å². The number of hydrogen-bond donors (Lipinski definition) is 1. The second-order valence-electron chi connectivity index (χ2n) is 4.94. The van der Waals surface area contributed by atoms with Crippen LogP contribution in [0.25, 0.3) is 11.0 Å². The highest BCUT2D eigenvalue weighted by molar-refractivity contribution is 7.98. The molecule has 0 bridgehead atoms. The van der Waals surface area contributed by atoms with Crippen LogP contribution in [0.15, 0.2) is 40.7 Å². The molecule has 0 saturated heterocycles. The molecule has 3 rings (SSSR count). The van der Waals surface area contributed by atoms with Gasteiger partial charge in [-0.1, -0.05) is 11.8 Å². The van der Waals surface area contributed by atoms with Crippen molar-refractivity contribution < 1.29 is 13.6 Å². The van der Waals surface area contributed by atoms with E-state index < -0.39 is 23.1 Å². The Kier molecular flexibility index (Phi) is 4.70. The highest BCUT2D eigenvalue weighted by Gasteiger charge is 2.12. The van der Waals surface area contributed by atoms with Gasteiger partial charge in [-0.05, 0) is 18.4 Å². The molecular formula is C15H11F2N5O2S. The number of carbonyl (C=O) groups is 1. The molecule has 0 spiro atoms. The van der Waals surface area contributed by atoms with Gasteiger partial charge in [-0.15, -0.1) is 0 Å². The molecule has 1 amide bonds. The second-order valence-corrected chi connectivity index (χ2v) is 5.72. The summed E-state index contributed by atoms with van der Waals surface area (Å²) in [7, 11) is 0. The maximum atomic E-state index is 13.6. The molecule has 25 heavy (non-hydrogen) atoms. The summed E-state index contributed by atoms with van der Waals surface area (Å²) in [6.45, 7) is -0.386. The predicted molar refractivity (Wildman–Crippen MR) is 88.4 cm³/mol. The Hall–Kier alpha value is -2.88. The third-order valence-corrected chi connectivity index (χ3v) is 3.82. The van der Waals surface area contributed by atoms with Crippen LogP contribution in [0.4, 0.5) is 14.5 Å². The molecule has 1 aromatic carbocycles. The smallest absolute Gasteiger partial charge is 0.264 e. The molecule has 1 N–H and O–H groups in total. The van der Waals surface area contributed by atoms with Gasteiger partial charge >= 0.3 is 0 Å². The van der Waals surface area contributed by atoms with E-state index in [4.69, 9.17) is 0 Å². The number of nitrogens with one attached hydrogen (secondary N) is 1. The number of aromatic nitrogens is 4. The molecule has 0 aliphatic heterocycles. The monoisotopic (exact) mass is 363 g/mol. The molecule has 7 nitrogen and oxygen atoms in total. The van der Waals surface area contributed by atoms with Gasteiger partial charge in [-0.2, -0.15) is 0 Å². The fourth-order valence-corrected chi connectivity index (χ4v) is 2.42. The summed E-state index contributed by atoms with van der Waals surface area (Å²) in [4.78, 5) is 36.5. The number of anilines is 1. The Morgan fingerprint density at radius 2 is 2.12 bits per heavy atom. The largest absolute Gasteiger partial charge is 0.322 e. The molecule has 10 heteroatoms. The minimum Gasteiger partial charge on any atom is -0.322 e. The normalized spacial score (nSPS) is 10.8. The third kappa shape index (κ3) is 3.63. The van der Waals surface area contributed by atoms with Crippen LogP contribution in [0, 0.1) is 11.6 Å². The molecular weight excluding hydrogens is 352 g/mol. The quantitative estimate of drug-likeness (QED) is 0.562. The van der Waals surface area contributed by atoms with Gasteiger partial charge in [0, 0.05) is 12.3 Å². The summed E-state index contributed by atoms with van der Waals surface area (Å²) in [5.41, 5.74) is -0.445.